The molecule has 1 saturated carbocycles. The molecule has 0 radical (unpaired) electrons. The third-order valence-electron chi connectivity index (χ3n) is 5.16. The van der Waals surface area contributed by atoms with Crippen LogP contribution in [0.1, 0.15) is 36.5 Å². The minimum atomic E-state index is -3.52. The first-order valence-corrected chi connectivity index (χ1v) is 10.4. The zero-order valence-electron chi connectivity index (χ0n) is 14.1. The van der Waals surface area contributed by atoms with E-state index in [4.69, 9.17) is 0 Å². The smallest absolute Gasteiger partial charge is 0.207 e. The van der Waals surface area contributed by atoms with Gasteiger partial charge < -0.3 is 0 Å². The summed E-state index contributed by atoms with van der Waals surface area (Å²) in [6.07, 6.45) is 2.01. The van der Waals surface area contributed by atoms with E-state index in [1.807, 2.05) is 39.0 Å². The van der Waals surface area contributed by atoms with Crippen molar-refractivity contribution in [1.29, 1.82) is 0 Å². The Balaban J connectivity index is 1.84. The van der Waals surface area contributed by atoms with Crippen LogP contribution >= 0.6 is 15.9 Å². The summed E-state index contributed by atoms with van der Waals surface area (Å²) in [6, 6.07) is 13.3. The quantitative estimate of drug-likeness (QED) is 0.794. The first kappa shape index (κ1) is 17.6. The molecular formula is C19H22BrNO2S. The molecule has 1 fully saturated rings. The van der Waals surface area contributed by atoms with Crippen LogP contribution in [-0.2, 0) is 15.4 Å². The van der Waals surface area contributed by atoms with E-state index >= 15 is 0 Å². The molecule has 1 aliphatic rings. The van der Waals surface area contributed by atoms with Crippen LogP contribution in [0.15, 0.2) is 51.8 Å². The van der Waals surface area contributed by atoms with Crippen molar-refractivity contribution in [3.63, 3.8) is 0 Å². The van der Waals surface area contributed by atoms with Gasteiger partial charge in [0.05, 0.1) is 4.90 Å². The van der Waals surface area contributed by atoms with Crippen molar-refractivity contribution in [2.24, 2.45) is 0 Å². The predicted octanol–water partition coefficient (Wildman–Crippen LogP) is 4.46. The van der Waals surface area contributed by atoms with E-state index in [0.29, 0.717) is 4.90 Å². The Morgan fingerprint density at radius 1 is 1.04 bits per heavy atom. The lowest BCUT2D eigenvalue weighted by Crippen LogP contribution is -2.41. The van der Waals surface area contributed by atoms with Gasteiger partial charge >= 0.3 is 0 Å². The Labute approximate surface area is 152 Å². The van der Waals surface area contributed by atoms with E-state index in [9.17, 15) is 8.42 Å². The van der Waals surface area contributed by atoms with Crippen LogP contribution in [0.4, 0.5) is 0 Å². The minimum absolute atomic E-state index is 0.0898. The molecule has 24 heavy (non-hydrogen) atoms. The second kappa shape index (κ2) is 6.28. The molecule has 3 rings (SSSR count). The molecule has 2 aromatic carbocycles. The normalized spacial score (nSPS) is 17.5. The average molecular weight is 408 g/mol. The summed E-state index contributed by atoms with van der Waals surface area (Å²) in [5.41, 5.74) is 3.18. The van der Waals surface area contributed by atoms with Gasteiger partial charge in [-0.05, 0) is 74.6 Å². The van der Waals surface area contributed by atoms with Crippen LogP contribution in [-0.4, -0.2) is 14.5 Å². The molecule has 5 heteroatoms. The van der Waals surface area contributed by atoms with E-state index in [1.54, 1.807) is 12.1 Å². The maximum atomic E-state index is 12.7. The highest BCUT2D eigenvalue weighted by molar-refractivity contribution is 9.10. The van der Waals surface area contributed by atoms with E-state index in [0.717, 1.165) is 28.4 Å². The van der Waals surface area contributed by atoms with Gasteiger partial charge in [0.1, 0.15) is 0 Å². The summed E-state index contributed by atoms with van der Waals surface area (Å²) in [6.45, 7) is 5.88. The van der Waals surface area contributed by atoms with Crippen molar-refractivity contribution in [3.8, 4) is 0 Å². The highest BCUT2D eigenvalue weighted by Gasteiger charge is 2.49. The van der Waals surface area contributed by atoms with E-state index < -0.39 is 10.0 Å². The highest BCUT2D eigenvalue weighted by atomic mass is 79.9. The Morgan fingerprint density at radius 3 is 2.21 bits per heavy atom. The summed E-state index contributed by atoms with van der Waals surface area (Å²) in [7, 11) is -3.52. The number of hydrogen-bond donors (Lipinski definition) is 1. The molecule has 1 aliphatic carbocycles. The topological polar surface area (TPSA) is 46.2 Å². The molecule has 1 unspecified atom stereocenters. The number of sulfonamides is 1. The fraction of sp³-hybridized carbons (Fsp3) is 0.368. The van der Waals surface area contributed by atoms with Crippen molar-refractivity contribution in [2.45, 2.75) is 50.0 Å². The van der Waals surface area contributed by atoms with Gasteiger partial charge in [-0.15, -0.1) is 0 Å². The first-order chi connectivity index (χ1) is 11.2. The molecule has 0 heterocycles. The largest absolute Gasteiger partial charge is 0.240 e. The predicted molar refractivity (Wildman–Crippen MR) is 101 cm³/mol. The van der Waals surface area contributed by atoms with Gasteiger partial charge in [-0.2, -0.15) is 0 Å². The molecule has 0 bridgehead atoms. The van der Waals surface area contributed by atoms with Crippen molar-refractivity contribution < 1.29 is 8.42 Å². The zero-order chi connectivity index (χ0) is 17.5. The summed E-state index contributed by atoms with van der Waals surface area (Å²) >= 11 is 3.45. The SMILES string of the molecule is Cc1ccc(S(=O)(=O)NC(C)C2(c3ccc(Br)cc3)CC2)cc1C. The van der Waals surface area contributed by atoms with Crippen molar-refractivity contribution in [3.05, 3.63) is 63.6 Å². The van der Waals surface area contributed by atoms with Crippen molar-refractivity contribution in [1.82, 2.24) is 4.72 Å². The summed E-state index contributed by atoms with van der Waals surface area (Å²) in [5, 5.41) is 0. The van der Waals surface area contributed by atoms with Crippen LogP contribution in [0.5, 0.6) is 0 Å². The van der Waals surface area contributed by atoms with Crippen LogP contribution in [0.2, 0.25) is 0 Å². The number of rotatable bonds is 5. The van der Waals surface area contributed by atoms with Crippen molar-refractivity contribution >= 4 is 26.0 Å². The molecule has 3 nitrogen and oxygen atoms in total. The lowest BCUT2D eigenvalue weighted by atomic mass is 9.90. The molecular weight excluding hydrogens is 386 g/mol. The molecule has 0 spiro atoms. The van der Waals surface area contributed by atoms with Gasteiger partial charge in [-0.1, -0.05) is 34.1 Å². The van der Waals surface area contributed by atoms with Crippen molar-refractivity contribution in [2.75, 3.05) is 0 Å². The second-order valence-corrected chi connectivity index (χ2v) is 9.38. The van der Waals surface area contributed by atoms with E-state index in [2.05, 4.69) is 32.8 Å². The summed E-state index contributed by atoms with van der Waals surface area (Å²) < 4.78 is 29.4. The molecule has 128 valence electrons. The molecule has 0 saturated heterocycles. The Hall–Kier alpha value is -1.17. The van der Waals surface area contributed by atoms with Gasteiger partial charge in [0.2, 0.25) is 10.0 Å². The third-order valence-corrected chi connectivity index (χ3v) is 7.22. The van der Waals surface area contributed by atoms with Crippen LogP contribution in [0.25, 0.3) is 0 Å². The summed E-state index contributed by atoms with van der Waals surface area (Å²) in [4.78, 5) is 0.337. The zero-order valence-corrected chi connectivity index (χ0v) is 16.5. The molecule has 0 aliphatic heterocycles. The number of hydrogen-bond acceptors (Lipinski definition) is 2. The Bertz CT molecular complexity index is 855. The Kier molecular flexibility index (Phi) is 4.62. The summed E-state index contributed by atoms with van der Waals surface area (Å²) in [5.74, 6) is 0. The highest BCUT2D eigenvalue weighted by Crippen LogP contribution is 2.51. The average Bonchev–Trinajstić information content (AvgIpc) is 3.32. The molecule has 0 amide bonds. The van der Waals surface area contributed by atoms with E-state index in [1.165, 1.54) is 5.56 Å². The first-order valence-electron chi connectivity index (χ1n) is 8.10. The van der Waals surface area contributed by atoms with Gasteiger partial charge in [-0.3, -0.25) is 0 Å². The molecule has 1 atom stereocenters. The monoisotopic (exact) mass is 407 g/mol. The fourth-order valence-electron chi connectivity index (χ4n) is 3.18. The van der Waals surface area contributed by atoms with Crippen LogP contribution in [0, 0.1) is 13.8 Å². The Morgan fingerprint density at radius 2 is 1.67 bits per heavy atom. The molecule has 2 aromatic rings. The van der Waals surface area contributed by atoms with Gasteiger partial charge in [0.25, 0.3) is 0 Å². The number of aryl methyl sites for hydroxylation is 2. The lowest BCUT2D eigenvalue weighted by molar-refractivity contribution is 0.494. The fourth-order valence-corrected chi connectivity index (χ4v) is 4.85. The standard InChI is InChI=1S/C19H22BrNO2S/c1-13-4-9-18(12-14(13)2)24(22,23)21-15(3)19(10-11-19)16-5-7-17(20)8-6-16/h4-9,12,15,21H,10-11H2,1-3H3. The van der Waals surface area contributed by atoms with Crippen LogP contribution in [0.3, 0.4) is 0 Å². The minimum Gasteiger partial charge on any atom is -0.207 e. The lowest BCUT2D eigenvalue weighted by Gasteiger charge is -2.25. The molecule has 0 aromatic heterocycles. The van der Waals surface area contributed by atoms with Crippen LogP contribution < -0.4 is 4.72 Å². The second-order valence-electron chi connectivity index (χ2n) is 6.75. The molecule has 1 N–H and O–H groups in total. The maximum absolute atomic E-state index is 12.7. The van der Waals surface area contributed by atoms with E-state index in [-0.39, 0.29) is 11.5 Å². The maximum Gasteiger partial charge on any atom is 0.240 e. The number of nitrogens with one attached hydrogen (secondary N) is 1. The third kappa shape index (κ3) is 3.30. The number of benzene rings is 2. The van der Waals surface area contributed by atoms with Gasteiger partial charge in [0.15, 0.2) is 0 Å². The van der Waals surface area contributed by atoms with Gasteiger partial charge in [-0.25, -0.2) is 13.1 Å². The number of halogens is 1. The van der Waals surface area contributed by atoms with Gasteiger partial charge in [0, 0.05) is 15.9 Å².